The predicted molar refractivity (Wildman–Crippen MR) is 109 cm³/mol. The van der Waals surface area contributed by atoms with Crippen LogP contribution in [0.5, 0.6) is 5.75 Å². The van der Waals surface area contributed by atoms with E-state index in [9.17, 15) is 9.18 Å². The van der Waals surface area contributed by atoms with E-state index < -0.39 is 0 Å². The molecule has 0 aromatic heterocycles. The van der Waals surface area contributed by atoms with Gasteiger partial charge in [-0.25, -0.2) is 4.39 Å². The van der Waals surface area contributed by atoms with Crippen LogP contribution in [-0.4, -0.2) is 54.2 Å². The van der Waals surface area contributed by atoms with Gasteiger partial charge in [-0.15, -0.1) is 11.8 Å². The van der Waals surface area contributed by atoms with Crippen molar-refractivity contribution in [1.82, 2.24) is 9.80 Å². The molecule has 2 aromatic carbocycles. The Morgan fingerprint density at radius 3 is 2.64 bits per heavy atom. The molecule has 0 spiro atoms. The second-order valence-electron chi connectivity index (χ2n) is 7.25. The second kappa shape index (κ2) is 8.97. The minimum Gasteiger partial charge on any atom is -0.493 e. The van der Waals surface area contributed by atoms with Crippen molar-refractivity contribution in [3.05, 3.63) is 59.4 Å². The highest BCUT2D eigenvalue weighted by Gasteiger charge is 2.21. The van der Waals surface area contributed by atoms with Gasteiger partial charge in [-0.3, -0.25) is 9.69 Å². The number of piperazine rings is 1. The Balaban J connectivity index is 1.19. The molecule has 2 heterocycles. The monoisotopic (exact) mass is 400 g/mol. The Bertz CT molecular complexity index is 820. The molecule has 2 aliphatic rings. The number of amides is 1. The maximum absolute atomic E-state index is 12.9. The molecule has 1 fully saturated rings. The number of ether oxygens (including phenoxy) is 1. The lowest BCUT2D eigenvalue weighted by molar-refractivity contribution is -0.132. The fourth-order valence-corrected chi connectivity index (χ4v) is 4.54. The van der Waals surface area contributed by atoms with Gasteiger partial charge in [0.1, 0.15) is 11.6 Å². The number of benzene rings is 2. The third-order valence-corrected chi connectivity index (χ3v) is 6.30. The maximum atomic E-state index is 12.9. The molecule has 28 heavy (non-hydrogen) atoms. The Hall–Kier alpha value is -2.05. The fraction of sp³-hybridized carbons (Fsp3) is 0.409. The number of rotatable bonds is 6. The lowest BCUT2D eigenvalue weighted by Gasteiger charge is -2.35. The summed E-state index contributed by atoms with van der Waals surface area (Å²) in [6.45, 7) is 5.10. The smallest absolute Gasteiger partial charge is 0.223 e. The number of halogens is 1. The lowest BCUT2D eigenvalue weighted by atomic mass is 10.1. The van der Waals surface area contributed by atoms with Gasteiger partial charge in [0.25, 0.3) is 0 Å². The van der Waals surface area contributed by atoms with Crippen LogP contribution in [0, 0.1) is 5.82 Å². The maximum Gasteiger partial charge on any atom is 0.223 e. The quantitative estimate of drug-likeness (QED) is 0.694. The first-order chi connectivity index (χ1) is 13.7. The predicted octanol–water partition coefficient (Wildman–Crippen LogP) is 3.59. The van der Waals surface area contributed by atoms with Crippen LogP contribution in [-0.2, 0) is 17.8 Å². The number of carbonyl (C=O) groups excluding carboxylic acids is 1. The van der Waals surface area contributed by atoms with E-state index in [1.165, 1.54) is 23.3 Å². The summed E-state index contributed by atoms with van der Waals surface area (Å²) >= 11 is 1.60. The second-order valence-corrected chi connectivity index (χ2v) is 8.42. The van der Waals surface area contributed by atoms with Crippen molar-refractivity contribution >= 4 is 17.7 Å². The van der Waals surface area contributed by atoms with Crippen molar-refractivity contribution in [3.8, 4) is 5.75 Å². The molecule has 2 aromatic rings. The summed E-state index contributed by atoms with van der Waals surface area (Å²) in [7, 11) is 0. The first-order valence-electron chi connectivity index (χ1n) is 9.80. The Morgan fingerprint density at radius 1 is 1.07 bits per heavy atom. The highest BCUT2D eigenvalue weighted by Crippen LogP contribution is 2.26. The Labute approximate surface area is 169 Å². The van der Waals surface area contributed by atoms with Crippen LogP contribution in [0.2, 0.25) is 0 Å². The van der Waals surface area contributed by atoms with Gasteiger partial charge in [0, 0.05) is 56.2 Å². The number of hydrogen-bond donors (Lipinski definition) is 0. The van der Waals surface area contributed by atoms with Gasteiger partial charge in [-0.05, 0) is 41.5 Å². The molecule has 1 saturated heterocycles. The average Bonchev–Trinajstić information content (AvgIpc) is 3.18. The molecule has 0 saturated carbocycles. The molecule has 0 aliphatic carbocycles. The van der Waals surface area contributed by atoms with E-state index in [-0.39, 0.29) is 11.7 Å². The molecule has 4 rings (SSSR count). The van der Waals surface area contributed by atoms with Crippen LogP contribution in [0.15, 0.2) is 47.4 Å². The third kappa shape index (κ3) is 4.86. The highest BCUT2D eigenvalue weighted by molar-refractivity contribution is 7.99. The van der Waals surface area contributed by atoms with Crippen LogP contribution in [0.3, 0.4) is 0 Å². The zero-order chi connectivity index (χ0) is 19.3. The first kappa shape index (κ1) is 19.3. The molecule has 0 atom stereocenters. The Kier molecular flexibility index (Phi) is 6.17. The van der Waals surface area contributed by atoms with Crippen LogP contribution in [0.1, 0.15) is 17.5 Å². The molecule has 2 aliphatic heterocycles. The standard InChI is InChI=1S/C22H25FN2O2S/c23-19-2-4-20(5-3-19)28-14-8-22(26)25-11-9-24(10-12-25)16-17-1-6-21-18(15-17)7-13-27-21/h1-6,15H,7-14,16H2. The minimum atomic E-state index is -0.230. The molecular weight excluding hydrogens is 375 g/mol. The van der Waals surface area contributed by atoms with Crippen LogP contribution >= 0.6 is 11.8 Å². The number of thioether (sulfide) groups is 1. The molecular formula is C22H25FN2O2S. The summed E-state index contributed by atoms with van der Waals surface area (Å²) in [5.74, 6) is 1.73. The van der Waals surface area contributed by atoms with Gasteiger partial charge in [-0.1, -0.05) is 12.1 Å². The lowest BCUT2D eigenvalue weighted by Crippen LogP contribution is -2.48. The zero-order valence-electron chi connectivity index (χ0n) is 15.9. The minimum absolute atomic E-state index is 0.212. The molecule has 0 N–H and O–H groups in total. The highest BCUT2D eigenvalue weighted by atomic mass is 32.2. The van der Waals surface area contributed by atoms with Crippen LogP contribution in [0.4, 0.5) is 4.39 Å². The summed E-state index contributed by atoms with van der Waals surface area (Å²) in [6, 6.07) is 12.9. The van der Waals surface area contributed by atoms with Gasteiger partial charge in [0.05, 0.1) is 6.61 Å². The summed E-state index contributed by atoms with van der Waals surface area (Å²) in [5.41, 5.74) is 2.63. The van der Waals surface area contributed by atoms with Crippen molar-refractivity contribution in [2.24, 2.45) is 0 Å². The molecule has 6 heteroatoms. The molecule has 4 nitrogen and oxygen atoms in total. The Morgan fingerprint density at radius 2 is 1.86 bits per heavy atom. The number of fused-ring (bicyclic) bond motifs is 1. The van der Waals surface area contributed by atoms with E-state index in [0.29, 0.717) is 6.42 Å². The largest absolute Gasteiger partial charge is 0.493 e. The van der Waals surface area contributed by atoms with E-state index in [2.05, 4.69) is 23.1 Å². The summed E-state index contributed by atoms with van der Waals surface area (Å²) in [4.78, 5) is 17.8. The topological polar surface area (TPSA) is 32.8 Å². The zero-order valence-corrected chi connectivity index (χ0v) is 16.7. The summed E-state index contributed by atoms with van der Waals surface area (Å²) in [6.07, 6.45) is 1.52. The van der Waals surface area contributed by atoms with E-state index in [0.717, 1.165) is 62.1 Å². The number of nitrogens with zero attached hydrogens (tertiary/aromatic N) is 2. The average molecular weight is 401 g/mol. The molecule has 0 unspecified atom stereocenters. The third-order valence-electron chi connectivity index (χ3n) is 5.28. The summed E-state index contributed by atoms with van der Waals surface area (Å²) < 4.78 is 18.5. The molecule has 1 amide bonds. The van der Waals surface area contributed by atoms with Gasteiger partial charge in [0.15, 0.2) is 0 Å². The first-order valence-corrected chi connectivity index (χ1v) is 10.8. The number of carbonyl (C=O) groups is 1. The number of hydrogen-bond acceptors (Lipinski definition) is 4. The van der Waals surface area contributed by atoms with Crippen LogP contribution in [0.25, 0.3) is 0 Å². The fourth-order valence-electron chi connectivity index (χ4n) is 3.70. The van der Waals surface area contributed by atoms with Gasteiger partial charge < -0.3 is 9.64 Å². The van der Waals surface area contributed by atoms with Crippen molar-refractivity contribution < 1.29 is 13.9 Å². The van der Waals surface area contributed by atoms with Gasteiger partial charge in [-0.2, -0.15) is 0 Å². The normalized spacial score (nSPS) is 16.7. The van der Waals surface area contributed by atoms with Gasteiger partial charge >= 0.3 is 0 Å². The van der Waals surface area contributed by atoms with E-state index in [1.54, 1.807) is 23.9 Å². The van der Waals surface area contributed by atoms with Crippen molar-refractivity contribution in [2.45, 2.75) is 24.3 Å². The molecule has 148 valence electrons. The van der Waals surface area contributed by atoms with Gasteiger partial charge in [0.2, 0.25) is 5.91 Å². The summed E-state index contributed by atoms with van der Waals surface area (Å²) in [5, 5.41) is 0. The van der Waals surface area contributed by atoms with Crippen molar-refractivity contribution in [2.75, 3.05) is 38.5 Å². The SMILES string of the molecule is O=C(CCSc1ccc(F)cc1)N1CCN(Cc2ccc3c(c2)CCO3)CC1. The van der Waals surface area contributed by atoms with E-state index >= 15 is 0 Å². The van der Waals surface area contributed by atoms with Crippen molar-refractivity contribution in [1.29, 1.82) is 0 Å². The van der Waals surface area contributed by atoms with E-state index in [1.807, 2.05) is 4.90 Å². The molecule has 0 bridgehead atoms. The molecule has 0 radical (unpaired) electrons. The van der Waals surface area contributed by atoms with E-state index in [4.69, 9.17) is 4.74 Å². The van der Waals surface area contributed by atoms with Crippen molar-refractivity contribution in [3.63, 3.8) is 0 Å². The van der Waals surface area contributed by atoms with Crippen LogP contribution < -0.4 is 4.74 Å².